The largest absolute Gasteiger partial charge is 0.249 e. The minimum atomic E-state index is 0.468. The predicted octanol–water partition coefficient (Wildman–Crippen LogP) is 2.63. The van der Waals surface area contributed by atoms with Crippen molar-refractivity contribution < 1.29 is 0 Å². The minimum absolute atomic E-state index is 0.468. The van der Waals surface area contributed by atoms with E-state index in [9.17, 15) is 0 Å². The van der Waals surface area contributed by atoms with Gasteiger partial charge in [-0.15, -0.1) is 0 Å². The van der Waals surface area contributed by atoms with Crippen molar-refractivity contribution in [3.05, 3.63) is 0 Å². The molecule has 0 aromatic carbocycles. The van der Waals surface area contributed by atoms with Crippen LogP contribution < -0.4 is 0 Å². The van der Waals surface area contributed by atoms with Gasteiger partial charge in [0.2, 0.25) is 0 Å². The van der Waals surface area contributed by atoms with E-state index in [0.29, 0.717) is 5.41 Å². The molecule has 0 amide bonds. The highest BCUT2D eigenvalue weighted by Gasteiger charge is 2.25. The molecule has 0 aromatic rings. The van der Waals surface area contributed by atoms with Crippen LogP contribution in [0.3, 0.4) is 0 Å². The standard InChI is InChI=1S/C9H19NS/c1-8(9(2,3)4)7-10-5-6-11-10/h8H,5-7H2,1-4H3. The summed E-state index contributed by atoms with van der Waals surface area (Å²) >= 11 is 1.98. The van der Waals surface area contributed by atoms with Gasteiger partial charge in [-0.3, -0.25) is 0 Å². The lowest BCUT2D eigenvalue weighted by molar-refractivity contribution is 0.218. The fourth-order valence-corrected chi connectivity index (χ4v) is 1.71. The number of hydrogen-bond acceptors (Lipinski definition) is 2. The maximum absolute atomic E-state index is 2.47. The molecule has 0 aromatic heterocycles. The molecule has 11 heavy (non-hydrogen) atoms. The van der Waals surface area contributed by atoms with E-state index in [0.717, 1.165) is 5.92 Å². The summed E-state index contributed by atoms with van der Waals surface area (Å²) in [6.45, 7) is 11.9. The summed E-state index contributed by atoms with van der Waals surface area (Å²) in [5.41, 5.74) is 0.468. The van der Waals surface area contributed by atoms with Gasteiger partial charge in [0.25, 0.3) is 0 Å². The van der Waals surface area contributed by atoms with Crippen LogP contribution in [0.4, 0.5) is 0 Å². The average molecular weight is 173 g/mol. The van der Waals surface area contributed by atoms with Crippen molar-refractivity contribution in [1.29, 1.82) is 0 Å². The van der Waals surface area contributed by atoms with Crippen LogP contribution >= 0.6 is 11.9 Å². The summed E-state index contributed by atoms with van der Waals surface area (Å²) in [4.78, 5) is 0. The van der Waals surface area contributed by atoms with Gasteiger partial charge in [0.05, 0.1) is 0 Å². The molecule has 1 aliphatic heterocycles. The molecular weight excluding hydrogens is 154 g/mol. The molecule has 0 N–H and O–H groups in total. The molecule has 0 spiro atoms. The highest BCUT2D eigenvalue weighted by Crippen LogP contribution is 2.30. The molecule has 1 fully saturated rings. The van der Waals surface area contributed by atoms with Crippen LogP contribution in [0.1, 0.15) is 27.7 Å². The maximum atomic E-state index is 2.47. The molecule has 0 radical (unpaired) electrons. The van der Waals surface area contributed by atoms with Gasteiger partial charge in [-0.1, -0.05) is 39.6 Å². The Labute approximate surface area is 74.7 Å². The smallest absolute Gasteiger partial charge is 0.0218 e. The van der Waals surface area contributed by atoms with E-state index in [-0.39, 0.29) is 0 Å². The molecule has 1 unspecified atom stereocenters. The molecular formula is C9H19NS. The Hall–Kier alpha value is 0.310. The third-order valence-corrected chi connectivity index (χ3v) is 3.63. The molecule has 0 aliphatic carbocycles. The van der Waals surface area contributed by atoms with Crippen molar-refractivity contribution in [3.63, 3.8) is 0 Å². The number of nitrogens with zero attached hydrogens (tertiary/aromatic N) is 1. The Morgan fingerprint density at radius 2 is 2.00 bits per heavy atom. The second kappa shape index (κ2) is 3.36. The van der Waals surface area contributed by atoms with Crippen molar-refractivity contribution >= 4 is 11.9 Å². The summed E-state index contributed by atoms with van der Waals surface area (Å²) < 4.78 is 2.47. The van der Waals surface area contributed by atoms with Crippen molar-refractivity contribution in [1.82, 2.24) is 4.31 Å². The summed E-state index contributed by atoms with van der Waals surface area (Å²) in [5.74, 6) is 2.13. The van der Waals surface area contributed by atoms with Crippen molar-refractivity contribution in [2.24, 2.45) is 11.3 Å². The lowest BCUT2D eigenvalue weighted by Gasteiger charge is -2.36. The molecule has 2 heteroatoms. The quantitative estimate of drug-likeness (QED) is 0.591. The van der Waals surface area contributed by atoms with E-state index >= 15 is 0 Å². The third-order valence-electron chi connectivity index (χ3n) is 2.57. The predicted molar refractivity (Wildman–Crippen MR) is 52.7 cm³/mol. The third kappa shape index (κ3) is 2.68. The lowest BCUT2D eigenvalue weighted by Crippen LogP contribution is -2.36. The zero-order valence-corrected chi connectivity index (χ0v) is 8.87. The Morgan fingerprint density at radius 1 is 1.45 bits per heavy atom. The fraction of sp³-hybridized carbons (Fsp3) is 1.00. The van der Waals surface area contributed by atoms with Crippen molar-refractivity contribution in [2.75, 3.05) is 18.8 Å². The summed E-state index contributed by atoms with van der Waals surface area (Å²) in [5, 5.41) is 0. The number of rotatable bonds is 2. The average Bonchev–Trinajstić information content (AvgIpc) is 1.75. The monoisotopic (exact) mass is 173 g/mol. The molecule has 0 bridgehead atoms. The van der Waals surface area contributed by atoms with Gasteiger partial charge in [0.15, 0.2) is 0 Å². The Morgan fingerprint density at radius 3 is 2.27 bits per heavy atom. The molecule has 1 aliphatic rings. The second-order valence-corrected chi connectivity index (χ2v) is 5.67. The normalized spacial score (nSPS) is 22.9. The SMILES string of the molecule is CC(CN1CCS1)C(C)(C)C. The second-order valence-electron chi connectivity index (χ2n) is 4.49. The molecule has 1 nitrogen and oxygen atoms in total. The molecule has 1 heterocycles. The first-order valence-electron chi connectivity index (χ1n) is 4.38. The number of hydrogen-bond donors (Lipinski definition) is 0. The van der Waals surface area contributed by atoms with Crippen molar-refractivity contribution in [3.8, 4) is 0 Å². The minimum Gasteiger partial charge on any atom is -0.249 e. The Kier molecular flexibility index (Phi) is 2.87. The van der Waals surface area contributed by atoms with Gasteiger partial charge in [-0.25, -0.2) is 4.31 Å². The summed E-state index contributed by atoms with van der Waals surface area (Å²) in [7, 11) is 0. The van der Waals surface area contributed by atoms with Gasteiger partial charge < -0.3 is 0 Å². The van der Waals surface area contributed by atoms with Crippen LogP contribution in [0, 0.1) is 11.3 Å². The van der Waals surface area contributed by atoms with E-state index in [1.54, 1.807) is 0 Å². The van der Waals surface area contributed by atoms with Crippen LogP contribution in [0.5, 0.6) is 0 Å². The van der Waals surface area contributed by atoms with Gasteiger partial charge >= 0.3 is 0 Å². The van der Waals surface area contributed by atoms with E-state index in [1.807, 2.05) is 11.9 Å². The van der Waals surface area contributed by atoms with Gasteiger partial charge in [-0.05, 0) is 11.3 Å². The van der Waals surface area contributed by atoms with Crippen LogP contribution in [0.15, 0.2) is 0 Å². The molecule has 0 saturated carbocycles. The molecule has 1 rings (SSSR count). The highest BCUT2D eigenvalue weighted by atomic mass is 32.2. The Balaban J connectivity index is 2.24. The fourth-order valence-electron chi connectivity index (χ4n) is 0.944. The summed E-state index contributed by atoms with van der Waals surface area (Å²) in [6, 6.07) is 0. The van der Waals surface area contributed by atoms with Crippen LogP contribution in [0.25, 0.3) is 0 Å². The van der Waals surface area contributed by atoms with Crippen molar-refractivity contribution in [2.45, 2.75) is 27.7 Å². The lowest BCUT2D eigenvalue weighted by atomic mass is 9.82. The zero-order valence-electron chi connectivity index (χ0n) is 8.05. The van der Waals surface area contributed by atoms with Gasteiger partial charge in [0.1, 0.15) is 0 Å². The Bertz CT molecular complexity index is 124. The van der Waals surface area contributed by atoms with Crippen LogP contribution in [-0.2, 0) is 0 Å². The molecule has 1 saturated heterocycles. The zero-order chi connectivity index (χ0) is 8.48. The van der Waals surface area contributed by atoms with Gasteiger partial charge in [0, 0.05) is 18.8 Å². The van der Waals surface area contributed by atoms with E-state index in [4.69, 9.17) is 0 Å². The first-order chi connectivity index (χ1) is 5.00. The molecule has 1 atom stereocenters. The van der Waals surface area contributed by atoms with Crippen LogP contribution in [-0.4, -0.2) is 23.1 Å². The first kappa shape index (κ1) is 9.40. The first-order valence-corrected chi connectivity index (χ1v) is 5.32. The molecule has 66 valence electrons. The van der Waals surface area contributed by atoms with E-state index in [2.05, 4.69) is 32.0 Å². The highest BCUT2D eigenvalue weighted by molar-refractivity contribution is 7.98. The summed E-state index contributed by atoms with van der Waals surface area (Å²) in [6.07, 6.45) is 0. The van der Waals surface area contributed by atoms with Crippen LogP contribution in [0.2, 0.25) is 0 Å². The van der Waals surface area contributed by atoms with E-state index < -0.39 is 0 Å². The van der Waals surface area contributed by atoms with E-state index in [1.165, 1.54) is 18.8 Å². The maximum Gasteiger partial charge on any atom is 0.0218 e. The topological polar surface area (TPSA) is 3.24 Å². The van der Waals surface area contributed by atoms with Gasteiger partial charge in [-0.2, -0.15) is 0 Å².